The molecule has 4 rings (SSSR count). The summed E-state index contributed by atoms with van der Waals surface area (Å²) in [6, 6.07) is 13.5. The van der Waals surface area contributed by atoms with E-state index in [9.17, 15) is 5.11 Å². The molecule has 1 N–H and O–H groups in total. The first-order valence-electron chi connectivity index (χ1n) is 8.34. The molecule has 0 fully saturated rings. The van der Waals surface area contributed by atoms with Crippen molar-refractivity contribution in [3.05, 3.63) is 58.7 Å². The van der Waals surface area contributed by atoms with Crippen LogP contribution < -0.4 is 14.4 Å². The van der Waals surface area contributed by atoms with Gasteiger partial charge in [0.1, 0.15) is 28.6 Å². The van der Waals surface area contributed by atoms with Gasteiger partial charge in [0.15, 0.2) is 0 Å². The number of hydrogen-bond acceptors (Lipinski definition) is 5. The van der Waals surface area contributed by atoms with E-state index in [0.29, 0.717) is 24.0 Å². The van der Waals surface area contributed by atoms with Crippen LogP contribution in [0.15, 0.2) is 42.5 Å². The van der Waals surface area contributed by atoms with Crippen LogP contribution in [0.25, 0.3) is 10.8 Å². The van der Waals surface area contributed by atoms with Gasteiger partial charge in [-0.2, -0.15) is 0 Å². The largest absolute Gasteiger partial charge is 0.496 e. The highest BCUT2D eigenvalue weighted by Gasteiger charge is 2.31. The van der Waals surface area contributed by atoms with E-state index in [4.69, 9.17) is 21.1 Å². The smallest absolute Gasteiger partial charge is 0.138 e. The summed E-state index contributed by atoms with van der Waals surface area (Å²) in [6.45, 7) is 0.942. The fourth-order valence-electron chi connectivity index (χ4n) is 3.63. The minimum absolute atomic E-state index is 0.397. The number of aromatic nitrogens is 1. The average molecular weight is 371 g/mol. The second-order valence-electron chi connectivity index (χ2n) is 6.25. The molecule has 1 aliphatic heterocycles. The van der Waals surface area contributed by atoms with E-state index in [1.54, 1.807) is 14.2 Å². The Morgan fingerprint density at radius 2 is 1.85 bits per heavy atom. The number of ether oxygens (including phenoxy) is 2. The van der Waals surface area contributed by atoms with Crippen LogP contribution >= 0.6 is 11.6 Å². The van der Waals surface area contributed by atoms with Crippen molar-refractivity contribution in [1.82, 2.24) is 4.98 Å². The number of hydrogen-bond donors (Lipinski definition) is 1. The Labute approximate surface area is 156 Å². The summed E-state index contributed by atoms with van der Waals surface area (Å²) in [5.74, 6) is 2.13. The number of methoxy groups -OCH3 is 2. The van der Waals surface area contributed by atoms with Gasteiger partial charge < -0.3 is 19.5 Å². The monoisotopic (exact) mass is 370 g/mol. The van der Waals surface area contributed by atoms with Crippen molar-refractivity contribution in [2.24, 2.45) is 0 Å². The number of fused-ring (bicyclic) bond motifs is 2. The molecular weight excluding hydrogens is 352 g/mol. The highest BCUT2D eigenvalue weighted by molar-refractivity contribution is 6.30. The Morgan fingerprint density at radius 1 is 1.12 bits per heavy atom. The Bertz CT molecular complexity index is 977. The quantitative estimate of drug-likeness (QED) is 0.707. The van der Waals surface area contributed by atoms with Crippen molar-refractivity contribution >= 4 is 28.2 Å². The lowest BCUT2D eigenvalue weighted by Crippen LogP contribution is -2.35. The number of pyridine rings is 1. The molecule has 1 unspecified atom stereocenters. The number of aliphatic hydroxyl groups is 1. The predicted octanol–water partition coefficient (Wildman–Crippen LogP) is 3.96. The van der Waals surface area contributed by atoms with E-state index in [1.165, 1.54) is 0 Å². The number of nitrogens with zero attached hydrogens (tertiary/aromatic N) is 2. The number of anilines is 1. The van der Waals surface area contributed by atoms with Crippen LogP contribution in [0.5, 0.6) is 11.5 Å². The van der Waals surface area contributed by atoms with Gasteiger partial charge >= 0.3 is 0 Å². The molecule has 0 saturated carbocycles. The van der Waals surface area contributed by atoms with Crippen molar-refractivity contribution < 1.29 is 14.6 Å². The second kappa shape index (κ2) is 6.67. The normalized spacial score (nSPS) is 16.5. The molecule has 1 aliphatic rings. The number of β-amino-alcohol motifs (C(OH)–C–C–N with tert-alkyl or cyclic N) is 1. The second-order valence-corrected chi connectivity index (χ2v) is 6.64. The van der Waals surface area contributed by atoms with Gasteiger partial charge in [-0.1, -0.05) is 35.9 Å². The molecule has 1 aromatic heterocycles. The Kier molecular flexibility index (Phi) is 4.34. The molecule has 0 radical (unpaired) electrons. The summed E-state index contributed by atoms with van der Waals surface area (Å²) in [5, 5.41) is 13.3. The standard InChI is InChI=1S/C20H19ClN2O3/c1-25-16-7-8-17(26-2)19-14(16)10-23(11-15(19)24)20-13-6-4-3-5-12(13)9-18(21)22-20/h3-9,15,24H,10-11H2,1-2H3. The first-order chi connectivity index (χ1) is 12.6. The zero-order chi connectivity index (χ0) is 18.3. The molecule has 1 atom stereocenters. The molecule has 6 heteroatoms. The molecule has 0 amide bonds. The summed E-state index contributed by atoms with van der Waals surface area (Å²) in [4.78, 5) is 6.57. The van der Waals surface area contributed by atoms with Crippen LogP contribution in [0.2, 0.25) is 5.15 Å². The molecule has 2 heterocycles. The summed E-state index contributed by atoms with van der Waals surface area (Å²) in [6.07, 6.45) is -0.719. The molecule has 0 saturated heterocycles. The molecule has 0 bridgehead atoms. The van der Waals surface area contributed by atoms with Crippen molar-refractivity contribution in [3.63, 3.8) is 0 Å². The third-order valence-electron chi connectivity index (χ3n) is 4.78. The van der Waals surface area contributed by atoms with Gasteiger partial charge in [-0.25, -0.2) is 4.98 Å². The summed E-state index contributed by atoms with van der Waals surface area (Å²) < 4.78 is 11.0. The van der Waals surface area contributed by atoms with Gasteiger partial charge in [0.25, 0.3) is 0 Å². The lowest BCUT2D eigenvalue weighted by molar-refractivity contribution is 0.169. The van der Waals surface area contributed by atoms with Gasteiger partial charge in [-0.15, -0.1) is 0 Å². The molecular formula is C20H19ClN2O3. The van der Waals surface area contributed by atoms with Crippen molar-refractivity contribution in [2.75, 3.05) is 25.7 Å². The molecule has 5 nitrogen and oxygen atoms in total. The minimum atomic E-state index is -0.719. The van der Waals surface area contributed by atoms with E-state index in [1.807, 2.05) is 47.4 Å². The maximum absolute atomic E-state index is 10.8. The fourth-order valence-corrected chi connectivity index (χ4v) is 3.82. The number of rotatable bonds is 3. The highest BCUT2D eigenvalue weighted by atomic mass is 35.5. The van der Waals surface area contributed by atoms with Crippen LogP contribution in [0.1, 0.15) is 17.2 Å². The number of aliphatic hydroxyl groups excluding tert-OH is 1. The van der Waals surface area contributed by atoms with Gasteiger partial charge in [-0.3, -0.25) is 0 Å². The van der Waals surface area contributed by atoms with Crippen LogP contribution in [0.3, 0.4) is 0 Å². The Balaban J connectivity index is 1.86. The Hall–Kier alpha value is -2.50. The summed E-state index contributed by atoms with van der Waals surface area (Å²) in [5.41, 5.74) is 1.67. The van der Waals surface area contributed by atoms with Crippen molar-refractivity contribution in [3.8, 4) is 11.5 Å². The van der Waals surface area contributed by atoms with Gasteiger partial charge in [-0.05, 0) is 23.6 Å². The minimum Gasteiger partial charge on any atom is -0.496 e. The van der Waals surface area contributed by atoms with Crippen molar-refractivity contribution in [1.29, 1.82) is 0 Å². The van der Waals surface area contributed by atoms with E-state index in [-0.39, 0.29) is 0 Å². The average Bonchev–Trinajstić information content (AvgIpc) is 2.66. The summed E-state index contributed by atoms with van der Waals surface area (Å²) >= 11 is 6.24. The first-order valence-corrected chi connectivity index (χ1v) is 8.72. The molecule has 26 heavy (non-hydrogen) atoms. The van der Waals surface area contributed by atoms with E-state index in [2.05, 4.69) is 4.98 Å². The summed E-state index contributed by atoms with van der Waals surface area (Å²) in [7, 11) is 3.23. The van der Waals surface area contributed by atoms with Gasteiger partial charge in [0, 0.05) is 23.1 Å². The van der Waals surface area contributed by atoms with Crippen molar-refractivity contribution in [2.45, 2.75) is 12.6 Å². The van der Waals surface area contributed by atoms with Crippen LogP contribution in [0.4, 0.5) is 5.82 Å². The predicted molar refractivity (Wildman–Crippen MR) is 102 cm³/mol. The molecule has 2 aromatic carbocycles. The maximum Gasteiger partial charge on any atom is 0.138 e. The Morgan fingerprint density at radius 3 is 2.62 bits per heavy atom. The van der Waals surface area contributed by atoms with Crippen LogP contribution in [-0.4, -0.2) is 30.9 Å². The maximum atomic E-state index is 10.8. The third kappa shape index (κ3) is 2.73. The van der Waals surface area contributed by atoms with Gasteiger partial charge in [0.2, 0.25) is 0 Å². The first kappa shape index (κ1) is 16.9. The van der Waals surface area contributed by atoms with Crippen LogP contribution in [-0.2, 0) is 6.54 Å². The zero-order valence-corrected chi connectivity index (χ0v) is 15.3. The third-order valence-corrected chi connectivity index (χ3v) is 4.97. The SMILES string of the molecule is COc1ccc(OC)c2c1CN(c1nc(Cl)cc3ccccc13)CC2O. The molecule has 134 valence electrons. The van der Waals surface area contributed by atoms with E-state index >= 15 is 0 Å². The van der Waals surface area contributed by atoms with Gasteiger partial charge in [0.05, 0.1) is 20.8 Å². The molecule has 3 aromatic rings. The molecule has 0 aliphatic carbocycles. The lowest BCUT2D eigenvalue weighted by atomic mass is 9.95. The fraction of sp³-hybridized carbons (Fsp3) is 0.250. The van der Waals surface area contributed by atoms with E-state index < -0.39 is 6.10 Å². The highest BCUT2D eigenvalue weighted by Crippen LogP contribution is 2.41. The zero-order valence-electron chi connectivity index (χ0n) is 14.6. The topological polar surface area (TPSA) is 54.8 Å². The van der Waals surface area contributed by atoms with E-state index in [0.717, 1.165) is 33.5 Å². The molecule has 0 spiro atoms. The number of halogens is 1. The van der Waals surface area contributed by atoms with Crippen LogP contribution in [0, 0.1) is 0 Å². The lowest BCUT2D eigenvalue weighted by Gasteiger charge is -2.35. The number of benzene rings is 2.